The molecule has 1 aliphatic carbocycles. The minimum absolute atomic E-state index is 0.267. The quantitative estimate of drug-likeness (QED) is 0.756. The third-order valence-corrected chi connectivity index (χ3v) is 3.03. The zero-order valence-corrected chi connectivity index (χ0v) is 8.55. The fourth-order valence-corrected chi connectivity index (χ4v) is 2.03. The summed E-state index contributed by atoms with van der Waals surface area (Å²) in [6.45, 7) is 2.66. The number of nitrogens with zero attached hydrogens (tertiary/aromatic N) is 2. The fourth-order valence-electron chi connectivity index (χ4n) is 2.03. The van der Waals surface area contributed by atoms with Crippen LogP contribution in [0.5, 0.6) is 0 Å². The van der Waals surface area contributed by atoms with Gasteiger partial charge in [0.15, 0.2) is 0 Å². The van der Waals surface area contributed by atoms with Crippen molar-refractivity contribution < 1.29 is 15.0 Å². The van der Waals surface area contributed by atoms with Crippen molar-refractivity contribution in [3.8, 4) is 0 Å². The van der Waals surface area contributed by atoms with Crippen LogP contribution in [-0.2, 0) is 16.8 Å². The van der Waals surface area contributed by atoms with E-state index in [0.717, 1.165) is 6.54 Å². The molecule has 1 saturated carbocycles. The highest BCUT2D eigenvalue weighted by Gasteiger charge is 2.53. The van der Waals surface area contributed by atoms with Gasteiger partial charge in [-0.1, -0.05) is 0 Å². The zero-order valence-electron chi connectivity index (χ0n) is 8.55. The molecule has 0 atom stereocenters. The molecule has 1 aromatic heterocycles. The van der Waals surface area contributed by atoms with Crippen molar-refractivity contribution >= 4 is 5.97 Å². The Morgan fingerprint density at radius 1 is 1.73 bits per heavy atom. The van der Waals surface area contributed by atoms with Crippen molar-refractivity contribution in [3.63, 3.8) is 0 Å². The maximum absolute atomic E-state index is 11.2. The van der Waals surface area contributed by atoms with E-state index in [4.69, 9.17) is 0 Å². The number of aliphatic hydroxyl groups is 1. The Morgan fingerprint density at radius 2 is 2.40 bits per heavy atom. The van der Waals surface area contributed by atoms with Crippen LogP contribution in [0.1, 0.15) is 25.5 Å². The van der Waals surface area contributed by atoms with Gasteiger partial charge >= 0.3 is 5.97 Å². The normalized spacial score (nSPS) is 29.9. The van der Waals surface area contributed by atoms with Gasteiger partial charge in [0.05, 0.1) is 11.8 Å². The van der Waals surface area contributed by atoms with Gasteiger partial charge in [-0.3, -0.25) is 9.48 Å². The summed E-state index contributed by atoms with van der Waals surface area (Å²) in [6.07, 6.45) is 1.80. The predicted molar refractivity (Wildman–Crippen MR) is 52.5 cm³/mol. The van der Waals surface area contributed by atoms with Crippen molar-refractivity contribution in [2.24, 2.45) is 0 Å². The molecule has 2 N–H and O–H groups in total. The van der Waals surface area contributed by atoms with Gasteiger partial charge in [0.1, 0.15) is 5.41 Å². The first-order valence-corrected chi connectivity index (χ1v) is 5.04. The lowest BCUT2D eigenvalue weighted by atomic mass is 9.65. The molecule has 0 aromatic carbocycles. The SMILES string of the molecule is CCn1ccc(C2(C(=O)O)CC(O)C2)n1. The summed E-state index contributed by atoms with van der Waals surface area (Å²) < 4.78 is 1.70. The average Bonchev–Trinajstić information content (AvgIpc) is 2.60. The van der Waals surface area contributed by atoms with Gasteiger partial charge in [-0.05, 0) is 25.8 Å². The maximum atomic E-state index is 11.2. The Morgan fingerprint density at radius 3 is 2.80 bits per heavy atom. The number of hydrogen-bond donors (Lipinski definition) is 2. The first kappa shape index (κ1) is 10.2. The van der Waals surface area contributed by atoms with Gasteiger partial charge in [-0.15, -0.1) is 0 Å². The highest BCUT2D eigenvalue weighted by Crippen LogP contribution is 2.43. The number of aromatic nitrogens is 2. The van der Waals surface area contributed by atoms with E-state index in [2.05, 4.69) is 5.10 Å². The molecular weight excluding hydrogens is 196 g/mol. The molecule has 5 nitrogen and oxygen atoms in total. The van der Waals surface area contributed by atoms with Crippen molar-refractivity contribution in [1.82, 2.24) is 9.78 Å². The Bertz CT molecular complexity index is 380. The molecule has 1 aliphatic rings. The van der Waals surface area contributed by atoms with Crippen LogP contribution in [0.3, 0.4) is 0 Å². The van der Waals surface area contributed by atoms with E-state index in [1.54, 1.807) is 16.9 Å². The van der Waals surface area contributed by atoms with Crippen LogP contribution in [-0.4, -0.2) is 32.1 Å². The van der Waals surface area contributed by atoms with Crippen LogP contribution in [0, 0.1) is 0 Å². The van der Waals surface area contributed by atoms with Gasteiger partial charge in [-0.25, -0.2) is 0 Å². The minimum Gasteiger partial charge on any atom is -0.481 e. The molecule has 0 bridgehead atoms. The standard InChI is InChI=1S/C10H14N2O3/c1-2-12-4-3-8(11-12)10(9(14)15)5-7(13)6-10/h3-4,7,13H,2,5-6H2,1H3,(H,14,15). The number of aliphatic carboxylic acids is 1. The second kappa shape index (κ2) is 3.34. The van der Waals surface area contributed by atoms with Crippen LogP contribution in [0.4, 0.5) is 0 Å². The number of rotatable bonds is 3. The van der Waals surface area contributed by atoms with Crippen LogP contribution >= 0.6 is 0 Å². The van der Waals surface area contributed by atoms with Gasteiger partial charge in [-0.2, -0.15) is 5.10 Å². The predicted octanol–water partition coefficient (Wildman–Crippen LogP) is 0.380. The fraction of sp³-hybridized carbons (Fsp3) is 0.600. The summed E-state index contributed by atoms with van der Waals surface area (Å²) >= 11 is 0. The highest BCUT2D eigenvalue weighted by molar-refractivity contribution is 5.82. The van der Waals surface area contributed by atoms with Crippen molar-refractivity contribution in [3.05, 3.63) is 18.0 Å². The third-order valence-electron chi connectivity index (χ3n) is 3.03. The van der Waals surface area contributed by atoms with Crippen LogP contribution in [0.25, 0.3) is 0 Å². The Kier molecular flexibility index (Phi) is 2.26. The molecular formula is C10H14N2O3. The van der Waals surface area contributed by atoms with E-state index in [0.29, 0.717) is 5.69 Å². The largest absolute Gasteiger partial charge is 0.481 e. The lowest BCUT2D eigenvalue weighted by Gasteiger charge is -2.40. The number of carbonyl (C=O) groups is 1. The van der Waals surface area contributed by atoms with Gasteiger partial charge in [0.25, 0.3) is 0 Å². The van der Waals surface area contributed by atoms with E-state index >= 15 is 0 Å². The smallest absolute Gasteiger partial charge is 0.316 e. The molecule has 1 aromatic rings. The highest BCUT2D eigenvalue weighted by atomic mass is 16.4. The Balaban J connectivity index is 2.30. The van der Waals surface area contributed by atoms with Crippen molar-refractivity contribution in [1.29, 1.82) is 0 Å². The summed E-state index contributed by atoms with van der Waals surface area (Å²) in [7, 11) is 0. The molecule has 0 saturated heterocycles. The molecule has 0 amide bonds. The second-order valence-electron chi connectivity index (χ2n) is 4.01. The number of aryl methyl sites for hydroxylation is 1. The van der Waals surface area contributed by atoms with E-state index in [-0.39, 0.29) is 12.8 Å². The zero-order chi connectivity index (χ0) is 11.1. The van der Waals surface area contributed by atoms with Gasteiger partial charge < -0.3 is 10.2 Å². The maximum Gasteiger partial charge on any atom is 0.316 e. The first-order valence-electron chi connectivity index (χ1n) is 5.04. The topological polar surface area (TPSA) is 75.4 Å². The number of carboxylic acids is 1. The molecule has 15 heavy (non-hydrogen) atoms. The molecule has 5 heteroatoms. The van der Waals surface area contributed by atoms with Crippen molar-refractivity contribution in [2.75, 3.05) is 0 Å². The first-order chi connectivity index (χ1) is 7.08. The second-order valence-corrected chi connectivity index (χ2v) is 4.01. The molecule has 0 spiro atoms. The summed E-state index contributed by atoms with van der Waals surface area (Å²) in [5, 5.41) is 22.6. The Hall–Kier alpha value is -1.36. The molecule has 0 unspecified atom stereocenters. The van der Waals surface area contributed by atoms with E-state index in [9.17, 15) is 15.0 Å². The van der Waals surface area contributed by atoms with Crippen LogP contribution < -0.4 is 0 Å². The molecule has 0 radical (unpaired) electrons. The lowest BCUT2D eigenvalue weighted by Crippen LogP contribution is -2.50. The summed E-state index contributed by atoms with van der Waals surface area (Å²) in [4.78, 5) is 11.2. The molecule has 1 heterocycles. The van der Waals surface area contributed by atoms with Crippen LogP contribution in [0.2, 0.25) is 0 Å². The van der Waals surface area contributed by atoms with Gasteiger partial charge in [0, 0.05) is 12.7 Å². The minimum atomic E-state index is -0.958. The summed E-state index contributed by atoms with van der Waals surface area (Å²) in [6, 6.07) is 1.73. The molecule has 82 valence electrons. The van der Waals surface area contributed by atoms with Gasteiger partial charge in [0.2, 0.25) is 0 Å². The average molecular weight is 210 g/mol. The number of carboxylic acid groups (broad SMARTS) is 1. The van der Waals surface area contributed by atoms with Crippen molar-refractivity contribution in [2.45, 2.75) is 37.8 Å². The summed E-state index contributed by atoms with van der Waals surface area (Å²) in [5.41, 5.74) is -0.401. The molecule has 2 rings (SSSR count). The molecule has 0 aliphatic heterocycles. The third kappa shape index (κ3) is 1.43. The molecule has 1 fully saturated rings. The number of aliphatic hydroxyl groups excluding tert-OH is 1. The van der Waals surface area contributed by atoms with Crippen LogP contribution in [0.15, 0.2) is 12.3 Å². The lowest BCUT2D eigenvalue weighted by molar-refractivity contribution is -0.153. The van der Waals surface area contributed by atoms with E-state index in [1.165, 1.54) is 0 Å². The monoisotopic (exact) mass is 210 g/mol. The number of hydrogen-bond acceptors (Lipinski definition) is 3. The van der Waals surface area contributed by atoms with E-state index in [1.807, 2.05) is 6.92 Å². The van der Waals surface area contributed by atoms with E-state index < -0.39 is 17.5 Å². The summed E-state index contributed by atoms with van der Waals surface area (Å²) in [5.74, 6) is -0.894. The Labute approximate surface area is 87.3 Å².